The number of carbonyl (C=O) groups is 1. The Labute approximate surface area is 197 Å². The molecule has 1 saturated heterocycles. The van der Waals surface area contributed by atoms with Crippen molar-refractivity contribution in [3.8, 4) is 6.07 Å². The van der Waals surface area contributed by atoms with Gasteiger partial charge < -0.3 is 19.9 Å². The molecule has 6 heteroatoms. The Bertz CT molecular complexity index is 982. The molecule has 4 rings (SSSR count). The average Bonchev–Trinajstić information content (AvgIpc) is 2.85. The van der Waals surface area contributed by atoms with Crippen LogP contribution in [0.5, 0.6) is 0 Å². The molecule has 2 aromatic carbocycles. The number of amides is 1. The van der Waals surface area contributed by atoms with E-state index in [0.29, 0.717) is 6.04 Å². The molecule has 2 aromatic rings. The van der Waals surface area contributed by atoms with Crippen LogP contribution in [0.1, 0.15) is 42.4 Å². The van der Waals surface area contributed by atoms with Crippen LogP contribution in [0.2, 0.25) is 0 Å². The Kier molecular flexibility index (Phi) is 7.51. The molecule has 0 aromatic heterocycles. The van der Waals surface area contributed by atoms with Crippen LogP contribution in [0.15, 0.2) is 42.5 Å². The molecule has 0 atom stereocenters. The largest absolute Gasteiger partial charge is 0.382 e. The highest BCUT2D eigenvalue weighted by Gasteiger charge is 2.25. The third kappa shape index (κ3) is 6.06. The Morgan fingerprint density at radius 1 is 1.03 bits per heavy atom. The molecule has 0 radical (unpaired) electrons. The van der Waals surface area contributed by atoms with E-state index < -0.39 is 0 Å². The third-order valence-electron chi connectivity index (χ3n) is 6.88. The van der Waals surface area contributed by atoms with E-state index >= 15 is 0 Å². The predicted molar refractivity (Wildman–Crippen MR) is 131 cm³/mol. The zero-order valence-electron chi connectivity index (χ0n) is 19.7. The van der Waals surface area contributed by atoms with E-state index in [1.165, 1.54) is 11.3 Å². The lowest BCUT2D eigenvalue weighted by molar-refractivity contribution is -0.139. The first-order valence-corrected chi connectivity index (χ1v) is 12.0. The van der Waals surface area contributed by atoms with Gasteiger partial charge in [-0.2, -0.15) is 5.26 Å². The van der Waals surface area contributed by atoms with Crippen molar-refractivity contribution in [1.82, 2.24) is 4.90 Å². The first kappa shape index (κ1) is 23.1. The summed E-state index contributed by atoms with van der Waals surface area (Å²) in [5.41, 5.74) is 5.21. The summed E-state index contributed by atoms with van der Waals surface area (Å²) in [5.74, 6) is 0.0995. The van der Waals surface area contributed by atoms with Gasteiger partial charge in [-0.25, -0.2) is 0 Å². The van der Waals surface area contributed by atoms with Crippen molar-refractivity contribution in [2.45, 2.75) is 51.7 Å². The molecule has 2 fully saturated rings. The van der Waals surface area contributed by atoms with E-state index in [9.17, 15) is 10.1 Å². The highest BCUT2D eigenvalue weighted by Crippen LogP contribution is 2.25. The maximum atomic E-state index is 12.7. The summed E-state index contributed by atoms with van der Waals surface area (Å²) in [4.78, 5) is 16.9. The van der Waals surface area contributed by atoms with E-state index in [1.807, 2.05) is 30.0 Å². The number of carbonyl (C=O) groups excluding carboxylic acids is 1. The fourth-order valence-electron chi connectivity index (χ4n) is 4.69. The zero-order chi connectivity index (χ0) is 23.2. The van der Waals surface area contributed by atoms with Crippen LogP contribution >= 0.6 is 0 Å². The molecule has 33 heavy (non-hydrogen) atoms. The second-order valence-corrected chi connectivity index (χ2v) is 9.27. The summed E-state index contributed by atoms with van der Waals surface area (Å²) in [6, 6.07) is 17.2. The van der Waals surface area contributed by atoms with E-state index in [2.05, 4.69) is 47.5 Å². The number of aryl methyl sites for hydroxylation is 2. The number of benzene rings is 2. The second kappa shape index (κ2) is 10.7. The van der Waals surface area contributed by atoms with Gasteiger partial charge in [-0.1, -0.05) is 23.8 Å². The molecular formula is C27H34N4O2. The smallest absolute Gasteiger partial charge is 0.248 e. The summed E-state index contributed by atoms with van der Waals surface area (Å²) in [6.45, 7) is 7.43. The monoisotopic (exact) mass is 446 g/mol. The Morgan fingerprint density at radius 3 is 2.39 bits per heavy atom. The lowest BCUT2D eigenvalue weighted by Crippen LogP contribution is -2.50. The molecule has 1 heterocycles. The van der Waals surface area contributed by atoms with Gasteiger partial charge in [-0.05, 0) is 69.4 Å². The van der Waals surface area contributed by atoms with Crippen molar-refractivity contribution in [1.29, 1.82) is 5.26 Å². The fourth-order valence-corrected chi connectivity index (χ4v) is 4.69. The van der Waals surface area contributed by atoms with Crippen LogP contribution in [0.25, 0.3) is 0 Å². The molecule has 1 aliphatic heterocycles. The van der Waals surface area contributed by atoms with Crippen molar-refractivity contribution in [3.05, 3.63) is 59.2 Å². The summed E-state index contributed by atoms with van der Waals surface area (Å²) >= 11 is 0. The topological polar surface area (TPSA) is 68.6 Å². The van der Waals surface area contributed by atoms with E-state index in [4.69, 9.17) is 4.74 Å². The standard InChI is InChI=1S/C27H34N4O2/c1-20-3-9-25(10-4-20)30-13-15-31(16-14-30)27(32)19-33-26-11-7-23(8-12-26)29-24-6-5-21(2)22(17-24)18-28/h3-6,9-10,17,23,26,29H,7-8,11-16,19H2,1-2H3. The molecule has 0 unspecified atom stereocenters. The third-order valence-corrected chi connectivity index (χ3v) is 6.88. The minimum absolute atomic E-state index is 0.0995. The van der Waals surface area contributed by atoms with Crippen molar-refractivity contribution >= 4 is 17.3 Å². The van der Waals surface area contributed by atoms with Crippen LogP contribution in [-0.2, 0) is 9.53 Å². The first-order chi connectivity index (χ1) is 16.0. The Morgan fingerprint density at radius 2 is 1.73 bits per heavy atom. The lowest BCUT2D eigenvalue weighted by Gasteiger charge is -2.36. The van der Waals surface area contributed by atoms with E-state index in [0.717, 1.165) is 68.7 Å². The number of nitriles is 1. The number of hydrogen-bond acceptors (Lipinski definition) is 5. The van der Waals surface area contributed by atoms with Gasteiger partial charge in [0.05, 0.1) is 17.7 Å². The van der Waals surface area contributed by atoms with Crippen molar-refractivity contribution in [2.24, 2.45) is 0 Å². The SMILES string of the molecule is Cc1ccc(N2CCN(C(=O)COC3CCC(Nc4ccc(C)c(C#N)c4)CC3)CC2)cc1. The van der Waals surface area contributed by atoms with Crippen LogP contribution in [0.3, 0.4) is 0 Å². The van der Waals surface area contributed by atoms with E-state index in [1.54, 1.807) is 0 Å². The van der Waals surface area contributed by atoms with Crippen LogP contribution in [0, 0.1) is 25.2 Å². The number of anilines is 2. The minimum atomic E-state index is 0.0995. The average molecular weight is 447 g/mol. The van der Waals surface area contributed by atoms with Gasteiger partial charge in [-0.15, -0.1) is 0 Å². The predicted octanol–water partition coefficient (Wildman–Crippen LogP) is 4.26. The highest BCUT2D eigenvalue weighted by atomic mass is 16.5. The highest BCUT2D eigenvalue weighted by molar-refractivity contribution is 5.77. The van der Waals surface area contributed by atoms with Gasteiger partial charge in [-0.3, -0.25) is 4.79 Å². The molecule has 2 aliphatic rings. The van der Waals surface area contributed by atoms with Gasteiger partial charge >= 0.3 is 0 Å². The minimum Gasteiger partial charge on any atom is -0.382 e. The van der Waals surface area contributed by atoms with Gasteiger partial charge in [0.15, 0.2) is 0 Å². The molecule has 0 bridgehead atoms. The number of hydrogen-bond donors (Lipinski definition) is 1. The first-order valence-electron chi connectivity index (χ1n) is 12.0. The Hall–Kier alpha value is -3.04. The second-order valence-electron chi connectivity index (χ2n) is 9.27. The normalized spacial score (nSPS) is 20.9. The molecule has 1 saturated carbocycles. The number of nitrogens with zero attached hydrogens (tertiary/aromatic N) is 3. The summed E-state index contributed by atoms with van der Waals surface area (Å²) in [7, 11) is 0. The van der Waals surface area contributed by atoms with Gasteiger partial charge in [0.1, 0.15) is 6.61 Å². The lowest BCUT2D eigenvalue weighted by atomic mass is 9.92. The number of rotatable bonds is 6. The molecular weight excluding hydrogens is 412 g/mol. The fraction of sp³-hybridized carbons (Fsp3) is 0.481. The van der Waals surface area contributed by atoms with Gasteiger partial charge in [0.25, 0.3) is 0 Å². The maximum absolute atomic E-state index is 12.7. The maximum Gasteiger partial charge on any atom is 0.248 e. The van der Waals surface area contributed by atoms with Crippen LogP contribution in [0.4, 0.5) is 11.4 Å². The molecule has 1 amide bonds. The molecule has 1 aliphatic carbocycles. The number of nitrogens with one attached hydrogen (secondary N) is 1. The van der Waals surface area contributed by atoms with Gasteiger partial charge in [0.2, 0.25) is 5.91 Å². The van der Waals surface area contributed by atoms with Crippen molar-refractivity contribution in [2.75, 3.05) is 43.0 Å². The van der Waals surface area contributed by atoms with Crippen LogP contribution < -0.4 is 10.2 Å². The van der Waals surface area contributed by atoms with Crippen LogP contribution in [-0.4, -0.2) is 55.7 Å². The molecule has 0 spiro atoms. The van der Waals surface area contributed by atoms with Crippen molar-refractivity contribution in [3.63, 3.8) is 0 Å². The quantitative estimate of drug-likeness (QED) is 0.718. The summed E-state index contributed by atoms with van der Waals surface area (Å²) in [6.07, 6.45) is 4.05. The van der Waals surface area contributed by atoms with Gasteiger partial charge in [0, 0.05) is 43.6 Å². The number of piperazine rings is 1. The van der Waals surface area contributed by atoms with Crippen molar-refractivity contribution < 1.29 is 9.53 Å². The van der Waals surface area contributed by atoms with E-state index in [-0.39, 0.29) is 18.6 Å². The Balaban J connectivity index is 1.16. The molecule has 1 N–H and O–H groups in total. The summed E-state index contributed by atoms with van der Waals surface area (Å²) in [5, 5.41) is 12.8. The molecule has 174 valence electrons. The number of ether oxygens (including phenoxy) is 1. The molecule has 6 nitrogen and oxygen atoms in total. The summed E-state index contributed by atoms with van der Waals surface area (Å²) < 4.78 is 6.00. The zero-order valence-corrected chi connectivity index (χ0v) is 19.7.